The highest BCUT2D eigenvalue weighted by atomic mass is 16.3. The van der Waals surface area contributed by atoms with Crippen molar-refractivity contribution in [1.29, 1.82) is 0 Å². The van der Waals surface area contributed by atoms with E-state index in [-0.39, 0.29) is 11.7 Å². The summed E-state index contributed by atoms with van der Waals surface area (Å²) in [5.41, 5.74) is 1.43. The third kappa shape index (κ3) is 2.35. The molecule has 1 amide bonds. The molecule has 0 aliphatic heterocycles. The van der Waals surface area contributed by atoms with Gasteiger partial charge in [-0.1, -0.05) is 6.07 Å². The van der Waals surface area contributed by atoms with Crippen molar-refractivity contribution in [2.75, 3.05) is 6.54 Å². The third-order valence-corrected chi connectivity index (χ3v) is 3.86. The number of hydrogen-bond acceptors (Lipinski definition) is 2. The highest BCUT2D eigenvalue weighted by Gasteiger charge is 2.36. The minimum absolute atomic E-state index is 0.0831. The second-order valence-electron chi connectivity index (χ2n) is 5.63. The van der Waals surface area contributed by atoms with E-state index in [0.29, 0.717) is 17.5 Å². The van der Waals surface area contributed by atoms with E-state index in [4.69, 9.17) is 0 Å². The van der Waals surface area contributed by atoms with E-state index in [1.54, 1.807) is 6.07 Å². The van der Waals surface area contributed by atoms with Gasteiger partial charge in [-0.05, 0) is 56.2 Å². The zero-order valence-corrected chi connectivity index (χ0v) is 10.7. The fourth-order valence-electron chi connectivity index (χ4n) is 2.27. The molecular weight excluding hydrogens is 226 g/mol. The molecule has 3 heteroatoms. The summed E-state index contributed by atoms with van der Waals surface area (Å²) >= 11 is 0. The average molecular weight is 245 g/mol. The van der Waals surface area contributed by atoms with Crippen LogP contribution in [-0.2, 0) is 0 Å². The Morgan fingerprint density at radius 3 is 2.61 bits per heavy atom. The topological polar surface area (TPSA) is 40.5 Å². The number of rotatable bonds is 4. The number of aromatic hydroxyl groups is 1. The van der Waals surface area contributed by atoms with Crippen molar-refractivity contribution in [3.05, 3.63) is 29.3 Å². The molecule has 0 heterocycles. The van der Waals surface area contributed by atoms with Gasteiger partial charge in [0.25, 0.3) is 5.91 Å². The highest BCUT2D eigenvalue weighted by Crippen LogP contribution is 2.35. The fourth-order valence-corrected chi connectivity index (χ4v) is 2.27. The van der Waals surface area contributed by atoms with Gasteiger partial charge in [-0.2, -0.15) is 0 Å². The van der Waals surface area contributed by atoms with Gasteiger partial charge in [0.05, 0.1) is 0 Å². The second-order valence-corrected chi connectivity index (χ2v) is 5.63. The van der Waals surface area contributed by atoms with Crippen LogP contribution in [-0.4, -0.2) is 28.5 Å². The predicted molar refractivity (Wildman–Crippen MR) is 69.6 cm³/mol. The maximum atomic E-state index is 12.5. The first-order valence-corrected chi connectivity index (χ1v) is 6.76. The first-order chi connectivity index (χ1) is 8.65. The Hall–Kier alpha value is -1.51. The van der Waals surface area contributed by atoms with Crippen LogP contribution in [0, 0.1) is 12.8 Å². The van der Waals surface area contributed by atoms with Crippen LogP contribution in [0.2, 0.25) is 0 Å². The third-order valence-electron chi connectivity index (χ3n) is 3.86. The molecule has 1 N–H and O–H groups in total. The van der Waals surface area contributed by atoms with Gasteiger partial charge in [-0.3, -0.25) is 4.79 Å². The maximum Gasteiger partial charge on any atom is 0.254 e. The fraction of sp³-hybridized carbons (Fsp3) is 0.533. The molecule has 0 bridgehead atoms. The smallest absolute Gasteiger partial charge is 0.254 e. The van der Waals surface area contributed by atoms with Crippen molar-refractivity contribution in [3.8, 4) is 5.75 Å². The highest BCUT2D eigenvalue weighted by molar-refractivity contribution is 5.95. The van der Waals surface area contributed by atoms with Gasteiger partial charge in [-0.15, -0.1) is 0 Å². The van der Waals surface area contributed by atoms with Crippen molar-refractivity contribution in [3.63, 3.8) is 0 Å². The summed E-state index contributed by atoms with van der Waals surface area (Å²) in [6, 6.07) is 5.67. The Labute approximate surface area is 107 Å². The Morgan fingerprint density at radius 1 is 1.33 bits per heavy atom. The SMILES string of the molecule is Cc1ccc(C(=O)N(CC2CC2)C2CC2)cc1O. The molecule has 2 aliphatic carbocycles. The molecule has 2 aliphatic rings. The van der Waals surface area contributed by atoms with E-state index < -0.39 is 0 Å². The van der Waals surface area contributed by atoms with Crippen LogP contribution < -0.4 is 0 Å². The molecule has 3 nitrogen and oxygen atoms in total. The summed E-state index contributed by atoms with van der Waals surface area (Å²) in [7, 11) is 0. The lowest BCUT2D eigenvalue weighted by atomic mass is 10.1. The largest absolute Gasteiger partial charge is 0.508 e. The predicted octanol–water partition coefficient (Wildman–Crippen LogP) is 2.72. The van der Waals surface area contributed by atoms with Crippen molar-refractivity contribution in [2.24, 2.45) is 5.92 Å². The molecule has 18 heavy (non-hydrogen) atoms. The number of aryl methyl sites for hydroxylation is 1. The molecule has 0 unspecified atom stereocenters. The molecule has 0 atom stereocenters. The first kappa shape index (κ1) is 11.6. The molecule has 2 saturated carbocycles. The summed E-state index contributed by atoms with van der Waals surface area (Å²) in [5, 5.41) is 9.71. The Bertz CT molecular complexity index is 475. The normalized spacial score (nSPS) is 18.7. The monoisotopic (exact) mass is 245 g/mol. The van der Waals surface area contributed by atoms with Gasteiger partial charge in [0, 0.05) is 18.2 Å². The van der Waals surface area contributed by atoms with Gasteiger partial charge in [-0.25, -0.2) is 0 Å². The molecule has 96 valence electrons. The molecule has 2 fully saturated rings. The Kier molecular flexibility index (Phi) is 2.77. The zero-order chi connectivity index (χ0) is 12.7. The second kappa shape index (κ2) is 4.30. The lowest BCUT2D eigenvalue weighted by Gasteiger charge is -2.22. The number of hydrogen-bond donors (Lipinski definition) is 1. The summed E-state index contributed by atoms with van der Waals surface area (Å²) in [6.07, 6.45) is 4.79. The molecule has 0 spiro atoms. The van der Waals surface area contributed by atoms with Crippen molar-refractivity contribution < 1.29 is 9.90 Å². The van der Waals surface area contributed by atoms with Crippen LogP contribution in [0.25, 0.3) is 0 Å². The molecule has 1 aromatic rings. The van der Waals surface area contributed by atoms with Crippen molar-refractivity contribution >= 4 is 5.91 Å². The number of amides is 1. The molecule has 1 aromatic carbocycles. The molecular formula is C15H19NO2. The zero-order valence-electron chi connectivity index (χ0n) is 10.7. The summed E-state index contributed by atoms with van der Waals surface area (Å²) in [5.74, 6) is 1.01. The number of benzene rings is 1. The van der Waals surface area contributed by atoms with Crippen LogP contribution in [0.15, 0.2) is 18.2 Å². The van der Waals surface area contributed by atoms with E-state index in [9.17, 15) is 9.90 Å². The van der Waals surface area contributed by atoms with Crippen molar-refractivity contribution in [2.45, 2.75) is 38.6 Å². The van der Waals surface area contributed by atoms with Crippen molar-refractivity contribution in [1.82, 2.24) is 4.90 Å². The average Bonchev–Trinajstić information content (AvgIpc) is 3.22. The van der Waals surface area contributed by atoms with Crippen LogP contribution in [0.4, 0.5) is 0 Å². The van der Waals surface area contributed by atoms with Gasteiger partial charge >= 0.3 is 0 Å². The minimum Gasteiger partial charge on any atom is -0.508 e. The number of nitrogens with zero attached hydrogens (tertiary/aromatic N) is 1. The number of carbonyl (C=O) groups is 1. The van der Waals surface area contributed by atoms with Crippen LogP contribution in [0.5, 0.6) is 5.75 Å². The van der Waals surface area contributed by atoms with E-state index in [1.165, 1.54) is 12.8 Å². The molecule has 0 aromatic heterocycles. The van der Waals surface area contributed by atoms with Gasteiger partial charge in [0.15, 0.2) is 0 Å². The minimum atomic E-state index is 0.0831. The summed E-state index contributed by atoms with van der Waals surface area (Å²) in [4.78, 5) is 14.5. The van der Waals surface area contributed by atoms with E-state index in [0.717, 1.165) is 24.9 Å². The molecule has 0 radical (unpaired) electrons. The summed E-state index contributed by atoms with van der Waals surface area (Å²) < 4.78 is 0. The van der Waals surface area contributed by atoms with Crippen LogP contribution in [0.3, 0.4) is 0 Å². The quantitative estimate of drug-likeness (QED) is 0.886. The molecule has 0 saturated heterocycles. The van der Waals surface area contributed by atoms with Crippen LogP contribution >= 0.6 is 0 Å². The first-order valence-electron chi connectivity index (χ1n) is 6.76. The Morgan fingerprint density at radius 2 is 2.06 bits per heavy atom. The number of phenolic OH excluding ortho intramolecular Hbond substituents is 1. The van der Waals surface area contributed by atoms with Gasteiger partial charge in [0.2, 0.25) is 0 Å². The lowest BCUT2D eigenvalue weighted by molar-refractivity contribution is 0.0734. The van der Waals surface area contributed by atoms with Gasteiger partial charge < -0.3 is 10.0 Å². The van der Waals surface area contributed by atoms with E-state index >= 15 is 0 Å². The van der Waals surface area contributed by atoms with Crippen LogP contribution in [0.1, 0.15) is 41.6 Å². The van der Waals surface area contributed by atoms with E-state index in [2.05, 4.69) is 0 Å². The number of phenols is 1. The summed E-state index contributed by atoms with van der Waals surface area (Å²) in [6.45, 7) is 2.74. The Balaban J connectivity index is 1.79. The molecule has 3 rings (SSSR count). The lowest BCUT2D eigenvalue weighted by Crippen LogP contribution is -2.34. The number of carbonyl (C=O) groups excluding carboxylic acids is 1. The standard InChI is InChI=1S/C15H19NO2/c1-10-2-5-12(8-14(10)17)15(18)16(13-6-7-13)9-11-3-4-11/h2,5,8,11,13,17H,3-4,6-7,9H2,1H3. The maximum absolute atomic E-state index is 12.5. The van der Waals surface area contributed by atoms with Gasteiger partial charge in [0.1, 0.15) is 5.75 Å². The van der Waals surface area contributed by atoms with E-state index in [1.807, 2.05) is 24.0 Å².